The highest BCUT2D eigenvalue weighted by molar-refractivity contribution is 9.10. The first-order valence-electron chi connectivity index (χ1n) is 6.45. The number of likely N-dealkylation sites (tertiary alicyclic amines) is 1. The molecule has 4 nitrogen and oxygen atoms in total. The maximum absolute atomic E-state index is 12.1. The summed E-state index contributed by atoms with van der Waals surface area (Å²) < 4.78 is 1.00. The van der Waals surface area contributed by atoms with Crippen molar-refractivity contribution < 1.29 is 4.79 Å². The molecule has 19 heavy (non-hydrogen) atoms. The Morgan fingerprint density at radius 2 is 1.89 bits per heavy atom. The van der Waals surface area contributed by atoms with Crippen LogP contribution in [0, 0.1) is 0 Å². The van der Waals surface area contributed by atoms with Gasteiger partial charge in [-0.15, -0.1) is 0 Å². The number of nitrogens with one attached hydrogen (secondary N) is 1. The van der Waals surface area contributed by atoms with Crippen molar-refractivity contribution in [2.75, 3.05) is 20.1 Å². The molecule has 1 aromatic carbocycles. The molecule has 3 rings (SSSR count). The van der Waals surface area contributed by atoms with Crippen LogP contribution in [0.1, 0.15) is 18.4 Å². The molecule has 0 radical (unpaired) electrons. The Kier molecular flexibility index (Phi) is 3.19. The normalized spacial score (nSPS) is 22.4. The monoisotopic (exact) mass is 321 g/mol. The molecule has 0 unspecified atom stereocenters. The van der Waals surface area contributed by atoms with E-state index in [-0.39, 0.29) is 11.6 Å². The van der Waals surface area contributed by atoms with Crippen LogP contribution in [0.25, 0.3) is 0 Å². The molecule has 2 heterocycles. The summed E-state index contributed by atoms with van der Waals surface area (Å²) in [7, 11) is 2.10. The molecule has 0 aliphatic carbocycles. The minimum atomic E-state index is -0.369. The van der Waals surface area contributed by atoms with Crippen molar-refractivity contribution in [1.29, 1.82) is 0 Å². The smallest absolute Gasteiger partial charge is 0.272 e. The first-order valence-corrected chi connectivity index (χ1v) is 7.24. The van der Waals surface area contributed by atoms with Gasteiger partial charge in [-0.3, -0.25) is 9.79 Å². The van der Waals surface area contributed by atoms with Gasteiger partial charge in [-0.2, -0.15) is 0 Å². The van der Waals surface area contributed by atoms with Gasteiger partial charge in [-0.1, -0.05) is 28.1 Å². The molecule has 0 atom stereocenters. The number of carbonyl (C=O) groups excluding carboxylic acids is 1. The molecule has 5 heteroatoms. The van der Waals surface area contributed by atoms with Gasteiger partial charge >= 0.3 is 0 Å². The van der Waals surface area contributed by atoms with E-state index in [1.165, 1.54) is 0 Å². The molecule has 0 saturated carbocycles. The molecule has 1 fully saturated rings. The summed E-state index contributed by atoms with van der Waals surface area (Å²) in [5, 5.41) is 3.07. The Hall–Kier alpha value is -1.20. The highest BCUT2D eigenvalue weighted by Gasteiger charge is 2.41. The lowest BCUT2D eigenvalue weighted by Crippen LogP contribution is -2.50. The second-order valence-corrected chi connectivity index (χ2v) is 6.17. The number of carbonyl (C=O) groups is 1. The van der Waals surface area contributed by atoms with Gasteiger partial charge < -0.3 is 10.2 Å². The van der Waals surface area contributed by atoms with Crippen molar-refractivity contribution in [2.24, 2.45) is 4.99 Å². The molecule has 0 aromatic heterocycles. The van der Waals surface area contributed by atoms with Gasteiger partial charge in [0, 0.05) is 36.0 Å². The van der Waals surface area contributed by atoms with Crippen LogP contribution in [0.5, 0.6) is 0 Å². The van der Waals surface area contributed by atoms with Crippen molar-refractivity contribution in [2.45, 2.75) is 18.5 Å². The quantitative estimate of drug-likeness (QED) is 0.857. The van der Waals surface area contributed by atoms with Crippen molar-refractivity contribution >= 4 is 27.5 Å². The largest absolute Gasteiger partial charge is 0.326 e. The van der Waals surface area contributed by atoms with E-state index in [1.807, 2.05) is 24.3 Å². The van der Waals surface area contributed by atoms with Gasteiger partial charge in [0.2, 0.25) is 0 Å². The molecule has 0 bridgehead atoms. The first kappa shape index (κ1) is 12.8. The fourth-order valence-electron chi connectivity index (χ4n) is 2.59. The van der Waals surface area contributed by atoms with E-state index < -0.39 is 0 Å². The molecular weight excluding hydrogens is 306 g/mol. The predicted molar refractivity (Wildman–Crippen MR) is 78.3 cm³/mol. The summed E-state index contributed by atoms with van der Waals surface area (Å²) in [5.74, 6) is -0.0492. The molecular formula is C14H16BrN3O. The number of rotatable bonds is 1. The number of hydrogen-bond acceptors (Lipinski definition) is 3. The second kappa shape index (κ2) is 4.72. The minimum Gasteiger partial charge on any atom is -0.326 e. The summed E-state index contributed by atoms with van der Waals surface area (Å²) >= 11 is 3.40. The van der Waals surface area contributed by atoms with E-state index in [0.29, 0.717) is 5.71 Å². The summed E-state index contributed by atoms with van der Waals surface area (Å²) in [6.45, 7) is 1.94. The standard InChI is InChI=1S/C14H16BrN3O/c1-18-8-6-14(7-9-18)16-12(13(19)17-14)10-2-4-11(15)5-3-10/h2-5H,6-9H2,1H3,(H,17,19). The molecule has 1 N–H and O–H groups in total. The van der Waals surface area contributed by atoms with Crippen LogP contribution in [0.4, 0.5) is 0 Å². The highest BCUT2D eigenvalue weighted by Crippen LogP contribution is 2.28. The van der Waals surface area contributed by atoms with E-state index in [9.17, 15) is 4.79 Å². The SMILES string of the molecule is CN1CCC2(CC1)N=C(c1ccc(Br)cc1)C(=O)N2. The summed E-state index contributed by atoms with van der Waals surface area (Å²) in [5.41, 5.74) is 1.08. The van der Waals surface area contributed by atoms with Gasteiger partial charge in [0.05, 0.1) is 0 Å². The average Bonchev–Trinajstić information content (AvgIpc) is 2.72. The molecule has 2 aliphatic heterocycles. The second-order valence-electron chi connectivity index (χ2n) is 5.26. The van der Waals surface area contributed by atoms with Crippen LogP contribution in [-0.2, 0) is 4.79 Å². The lowest BCUT2D eigenvalue weighted by atomic mass is 9.99. The summed E-state index contributed by atoms with van der Waals surface area (Å²) in [6, 6.07) is 7.72. The van der Waals surface area contributed by atoms with Gasteiger partial charge in [-0.05, 0) is 19.2 Å². The lowest BCUT2D eigenvalue weighted by molar-refractivity contribution is -0.115. The summed E-state index contributed by atoms with van der Waals surface area (Å²) in [4.78, 5) is 19.1. The number of aliphatic imine (C=N–C) groups is 1. The van der Waals surface area contributed by atoms with Crippen LogP contribution in [0.3, 0.4) is 0 Å². The molecule has 1 amide bonds. The first-order chi connectivity index (χ1) is 9.08. The number of nitrogens with zero attached hydrogens (tertiary/aromatic N) is 2. The van der Waals surface area contributed by atoms with Crippen molar-refractivity contribution in [1.82, 2.24) is 10.2 Å². The van der Waals surface area contributed by atoms with Crippen LogP contribution in [0.2, 0.25) is 0 Å². The number of piperidine rings is 1. The third kappa shape index (κ3) is 2.44. The lowest BCUT2D eigenvalue weighted by Gasteiger charge is -2.35. The van der Waals surface area contributed by atoms with Crippen molar-refractivity contribution in [3.8, 4) is 0 Å². The third-order valence-corrected chi connectivity index (χ3v) is 4.35. The molecule has 2 aliphatic rings. The zero-order valence-corrected chi connectivity index (χ0v) is 12.4. The average molecular weight is 322 g/mol. The van der Waals surface area contributed by atoms with Gasteiger partial charge in [0.1, 0.15) is 11.4 Å². The van der Waals surface area contributed by atoms with Gasteiger partial charge in [0.25, 0.3) is 5.91 Å². The van der Waals surface area contributed by atoms with Crippen molar-refractivity contribution in [3.05, 3.63) is 34.3 Å². The summed E-state index contributed by atoms with van der Waals surface area (Å²) in [6.07, 6.45) is 1.77. The van der Waals surface area contributed by atoms with E-state index in [0.717, 1.165) is 36.0 Å². The van der Waals surface area contributed by atoms with Crippen LogP contribution < -0.4 is 5.32 Å². The predicted octanol–water partition coefficient (Wildman–Crippen LogP) is 1.79. The fourth-order valence-corrected chi connectivity index (χ4v) is 2.86. The van der Waals surface area contributed by atoms with E-state index in [1.54, 1.807) is 0 Å². The van der Waals surface area contributed by atoms with E-state index >= 15 is 0 Å². The van der Waals surface area contributed by atoms with Crippen LogP contribution in [-0.4, -0.2) is 42.3 Å². The Labute approximate surface area is 121 Å². The van der Waals surface area contributed by atoms with E-state index in [4.69, 9.17) is 4.99 Å². The Balaban J connectivity index is 1.89. The number of amides is 1. The van der Waals surface area contributed by atoms with Gasteiger partial charge in [0.15, 0.2) is 0 Å². The maximum atomic E-state index is 12.1. The molecule has 1 aromatic rings. The number of benzene rings is 1. The number of halogens is 1. The Morgan fingerprint density at radius 3 is 2.53 bits per heavy atom. The zero-order chi connectivity index (χ0) is 13.5. The number of hydrogen-bond donors (Lipinski definition) is 1. The van der Waals surface area contributed by atoms with Crippen molar-refractivity contribution in [3.63, 3.8) is 0 Å². The molecule has 1 spiro atoms. The highest BCUT2D eigenvalue weighted by atomic mass is 79.9. The topological polar surface area (TPSA) is 44.7 Å². The Bertz CT molecular complexity index is 530. The fraction of sp³-hybridized carbons (Fsp3) is 0.429. The molecule has 1 saturated heterocycles. The van der Waals surface area contributed by atoms with Crippen LogP contribution in [0.15, 0.2) is 33.7 Å². The third-order valence-electron chi connectivity index (χ3n) is 3.82. The van der Waals surface area contributed by atoms with E-state index in [2.05, 4.69) is 33.2 Å². The maximum Gasteiger partial charge on any atom is 0.272 e. The Morgan fingerprint density at radius 1 is 1.26 bits per heavy atom. The molecule has 100 valence electrons. The van der Waals surface area contributed by atoms with Crippen LogP contribution >= 0.6 is 15.9 Å². The zero-order valence-electron chi connectivity index (χ0n) is 10.8. The minimum absolute atomic E-state index is 0.0492. The van der Waals surface area contributed by atoms with Gasteiger partial charge in [-0.25, -0.2) is 0 Å².